The van der Waals surface area contributed by atoms with Gasteiger partial charge in [-0.3, -0.25) is 4.52 Å². The van der Waals surface area contributed by atoms with Crippen molar-refractivity contribution in [2.24, 2.45) is 5.92 Å². The molecule has 0 rings (SSSR count). The second-order valence-corrected chi connectivity index (χ2v) is 19.6. The molecule has 7 heteroatoms. The lowest BCUT2D eigenvalue weighted by molar-refractivity contribution is 0.193. The number of phosphoric ester groups is 1. The second-order valence-electron chi connectivity index (χ2n) is 13.1. The predicted molar refractivity (Wildman–Crippen MR) is 202 cm³/mol. The molecule has 0 unspecified atom stereocenters. The normalized spacial score (nSPS) is 11.6. The summed E-state index contributed by atoms with van der Waals surface area (Å²) in [5, 5.41) is 0. The smallest absolute Gasteiger partial charge is 0.303 e. The van der Waals surface area contributed by atoms with E-state index in [1.807, 2.05) is 0 Å². The van der Waals surface area contributed by atoms with Gasteiger partial charge in [-0.25, -0.2) is 4.57 Å². The van der Waals surface area contributed by atoms with Crippen LogP contribution in [0.5, 0.6) is 0 Å². The van der Waals surface area contributed by atoms with Gasteiger partial charge in [0.15, 0.2) is 0 Å². The van der Waals surface area contributed by atoms with E-state index in [4.69, 9.17) is 9.79 Å². The van der Waals surface area contributed by atoms with E-state index in [1.54, 1.807) is 0 Å². The van der Waals surface area contributed by atoms with Crippen molar-refractivity contribution in [1.82, 2.24) is 0 Å². The van der Waals surface area contributed by atoms with Crippen molar-refractivity contribution >= 4 is 23.7 Å². The Kier molecular flexibility index (Phi) is 44.0. The zero-order valence-electron chi connectivity index (χ0n) is 30.7. The van der Waals surface area contributed by atoms with Gasteiger partial charge in [0.2, 0.25) is 0 Å². The minimum absolute atomic E-state index is 0.168. The molecule has 0 saturated carbocycles. The van der Waals surface area contributed by atoms with Crippen LogP contribution in [0.15, 0.2) is 0 Å². The largest absolute Gasteiger partial charge is 0.469 e. The first-order valence-corrected chi connectivity index (χ1v) is 24.5. The van der Waals surface area contributed by atoms with Crippen LogP contribution in [-0.4, -0.2) is 54.4 Å². The van der Waals surface area contributed by atoms with E-state index in [1.165, 1.54) is 147 Å². The summed E-state index contributed by atoms with van der Waals surface area (Å²) >= 11 is 0. The van der Waals surface area contributed by atoms with Crippen molar-refractivity contribution in [3.8, 4) is 0 Å². The van der Waals surface area contributed by atoms with Gasteiger partial charge in [-0.2, -0.15) is 0 Å². The maximum Gasteiger partial charge on any atom is 0.469 e. The first-order valence-electron chi connectivity index (χ1n) is 18.6. The third kappa shape index (κ3) is 52.8. The third-order valence-electron chi connectivity index (χ3n) is 7.76. The Morgan fingerprint density at radius 2 is 0.791 bits per heavy atom. The highest BCUT2D eigenvalue weighted by molar-refractivity contribution is 7.57. The van der Waals surface area contributed by atoms with E-state index in [2.05, 4.69) is 59.4 Å². The molecule has 43 heavy (non-hydrogen) atoms. The van der Waals surface area contributed by atoms with Crippen LogP contribution in [0.4, 0.5) is 0 Å². The van der Waals surface area contributed by atoms with Crippen LogP contribution in [-0.2, 0) is 9.09 Å². The SMILES string of the molecule is CC(C)CCCCCCCCCCCCCCCOP(=O)(O)O.CCCCP(C)CCCC.CCCCP(C)CCCC. The van der Waals surface area contributed by atoms with E-state index in [0.29, 0.717) is 15.8 Å². The summed E-state index contributed by atoms with van der Waals surface area (Å²) in [7, 11) is -3.44. The lowest BCUT2D eigenvalue weighted by Gasteiger charge is -2.09. The van der Waals surface area contributed by atoms with E-state index in [9.17, 15) is 4.57 Å². The maximum atomic E-state index is 10.5. The molecule has 0 spiro atoms. The van der Waals surface area contributed by atoms with Gasteiger partial charge in [-0.05, 0) is 76.0 Å². The highest BCUT2D eigenvalue weighted by atomic mass is 31.2. The zero-order chi connectivity index (χ0) is 33.0. The Labute approximate surface area is 275 Å². The molecule has 0 aliphatic carbocycles. The second kappa shape index (κ2) is 39.1. The molecule has 4 nitrogen and oxygen atoms in total. The molecule has 0 fully saturated rings. The standard InChI is InChI=1S/C18H39O4P.2C9H21P/c1-18(2)16-14-12-10-8-6-4-3-5-7-9-11-13-15-17-22-23(19,20)21;2*1-4-6-8-10(3)9-7-5-2/h18H,3-17H2,1-2H3,(H2,19,20,21);2*4-9H2,1-3H3. The van der Waals surface area contributed by atoms with Crippen molar-refractivity contribution in [3.63, 3.8) is 0 Å². The molecule has 0 aromatic rings. The quantitative estimate of drug-likeness (QED) is 0.0614. The summed E-state index contributed by atoms with van der Waals surface area (Å²) in [6.45, 7) is 18.8. The lowest BCUT2D eigenvalue weighted by atomic mass is 10.0. The summed E-state index contributed by atoms with van der Waals surface area (Å²) < 4.78 is 14.9. The van der Waals surface area contributed by atoms with Crippen molar-refractivity contribution in [1.29, 1.82) is 0 Å². The Bertz CT molecular complexity index is 509. The predicted octanol–water partition coefficient (Wildman–Crippen LogP) is 13.6. The van der Waals surface area contributed by atoms with Crippen LogP contribution in [0.3, 0.4) is 0 Å². The Morgan fingerprint density at radius 1 is 0.512 bits per heavy atom. The van der Waals surface area contributed by atoms with Crippen molar-refractivity contribution in [2.75, 3.05) is 44.6 Å². The van der Waals surface area contributed by atoms with Crippen LogP contribution in [0.25, 0.3) is 0 Å². The van der Waals surface area contributed by atoms with Crippen molar-refractivity contribution < 1.29 is 18.9 Å². The van der Waals surface area contributed by atoms with Gasteiger partial charge in [0.05, 0.1) is 6.61 Å². The maximum absolute atomic E-state index is 10.5. The monoisotopic (exact) mass is 671 g/mol. The summed E-state index contributed by atoms with van der Waals surface area (Å²) in [5.41, 5.74) is 0. The molecule has 0 radical (unpaired) electrons. The molecule has 0 aliphatic heterocycles. The van der Waals surface area contributed by atoms with Gasteiger partial charge < -0.3 is 9.79 Å². The van der Waals surface area contributed by atoms with Crippen LogP contribution in [0.1, 0.15) is 183 Å². The molecule has 264 valence electrons. The number of hydrogen-bond acceptors (Lipinski definition) is 2. The number of phosphoric acid groups is 1. The number of unbranched alkanes of at least 4 members (excludes halogenated alkanes) is 16. The van der Waals surface area contributed by atoms with Gasteiger partial charge >= 0.3 is 7.82 Å². The number of rotatable bonds is 29. The van der Waals surface area contributed by atoms with Crippen LogP contribution in [0.2, 0.25) is 0 Å². The van der Waals surface area contributed by atoms with Gasteiger partial charge in [0.25, 0.3) is 0 Å². The van der Waals surface area contributed by atoms with E-state index in [0.717, 1.165) is 25.2 Å². The fourth-order valence-electron chi connectivity index (χ4n) is 4.72. The summed E-state index contributed by atoms with van der Waals surface area (Å²) in [6, 6.07) is 0. The molecule has 2 N–H and O–H groups in total. The van der Waals surface area contributed by atoms with Gasteiger partial charge in [-0.1, -0.05) is 151 Å². The first-order chi connectivity index (χ1) is 20.5. The van der Waals surface area contributed by atoms with Crippen molar-refractivity contribution in [2.45, 2.75) is 183 Å². The summed E-state index contributed by atoms with van der Waals surface area (Å²) in [4.78, 5) is 17.1. The molecule has 0 aromatic heterocycles. The van der Waals surface area contributed by atoms with Crippen LogP contribution in [0, 0.1) is 5.92 Å². The summed E-state index contributed by atoms with van der Waals surface area (Å²) in [5.74, 6) is 0.855. The average molecular weight is 671 g/mol. The molecule has 0 bridgehead atoms. The highest BCUT2D eigenvalue weighted by Gasteiger charge is 2.12. The Hall–Kier alpha value is 0.970. The summed E-state index contributed by atoms with van der Waals surface area (Å²) in [6.07, 6.45) is 35.1. The van der Waals surface area contributed by atoms with E-state index >= 15 is 0 Å². The molecule has 0 saturated heterocycles. The molecular weight excluding hydrogens is 589 g/mol. The fourth-order valence-corrected chi connectivity index (χ4v) is 8.96. The van der Waals surface area contributed by atoms with Crippen LogP contribution < -0.4 is 0 Å². The zero-order valence-corrected chi connectivity index (χ0v) is 33.4. The van der Waals surface area contributed by atoms with Crippen LogP contribution >= 0.6 is 23.7 Å². The first kappa shape index (κ1) is 48.4. The third-order valence-corrected chi connectivity index (χ3v) is 12.6. The molecule has 0 heterocycles. The highest BCUT2D eigenvalue weighted by Crippen LogP contribution is 2.36. The van der Waals surface area contributed by atoms with E-state index < -0.39 is 7.82 Å². The van der Waals surface area contributed by atoms with Gasteiger partial charge in [-0.15, -0.1) is 15.8 Å². The molecule has 0 aromatic carbocycles. The van der Waals surface area contributed by atoms with Gasteiger partial charge in [0, 0.05) is 0 Å². The fraction of sp³-hybridized carbons (Fsp3) is 1.00. The number of hydrogen-bond donors (Lipinski definition) is 2. The van der Waals surface area contributed by atoms with Crippen molar-refractivity contribution in [3.05, 3.63) is 0 Å². The molecule has 0 atom stereocenters. The van der Waals surface area contributed by atoms with Gasteiger partial charge in [0.1, 0.15) is 0 Å². The minimum atomic E-state index is -4.26. The van der Waals surface area contributed by atoms with E-state index in [-0.39, 0.29) is 6.61 Å². The molecule has 0 aliphatic rings. The Morgan fingerprint density at radius 3 is 1.05 bits per heavy atom. The molecular formula is C36H81O4P3. The Balaban J connectivity index is -0.000000658. The lowest BCUT2D eigenvalue weighted by Crippen LogP contribution is -1.92. The molecule has 0 amide bonds. The topological polar surface area (TPSA) is 66.8 Å². The average Bonchev–Trinajstić information content (AvgIpc) is 2.96. The minimum Gasteiger partial charge on any atom is -0.303 e.